The largest absolute Gasteiger partial charge is 0.466 e. The molecule has 0 saturated carbocycles. The van der Waals surface area contributed by atoms with Crippen LogP contribution in [-0.2, 0) is 12.6 Å². The zero-order valence-electron chi connectivity index (χ0n) is 10.4. The molecule has 2 aromatic heterocycles. The monoisotopic (exact) mass is 248 g/mol. The zero-order valence-corrected chi connectivity index (χ0v) is 10.4. The van der Waals surface area contributed by atoms with Gasteiger partial charge < -0.3 is 19.4 Å². The van der Waals surface area contributed by atoms with Crippen molar-refractivity contribution in [3.8, 4) is 0 Å². The van der Waals surface area contributed by atoms with E-state index in [9.17, 15) is 9.90 Å². The van der Waals surface area contributed by atoms with Crippen molar-refractivity contribution >= 4 is 5.91 Å². The molecule has 0 aromatic carbocycles. The molecule has 1 atom stereocenters. The van der Waals surface area contributed by atoms with Gasteiger partial charge in [-0.2, -0.15) is 0 Å². The van der Waals surface area contributed by atoms with Crippen molar-refractivity contribution in [2.45, 2.75) is 12.5 Å². The van der Waals surface area contributed by atoms with Crippen LogP contribution >= 0.6 is 0 Å². The minimum atomic E-state index is -1.22. The zero-order chi connectivity index (χ0) is 13.2. The van der Waals surface area contributed by atoms with Crippen molar-refractivity contribution in [1.29, 1.82) is 0 Å². The topological polar surface area (TPSA) is 67.4 Å². The van der Waals surface area contributed by atoms with Gasteiger partial charge in [0.2, 0.25) is 0 Å². The molecule has 2 rings (SSSR count). The van der Waals surface area contributed by atoms with Gasteiger partial charge in [0, 0.05) is 13.2 Å². The fourth-order valence-electron chi connectivity index (χ4n) is 1.71. The van der Waals surface area contributed by atoms with Gasteiger partial charge in [-0.15, -0.1) is 0 Å². The van der Waals surface area contributed by atoms with Gasteiger partial charge >= 0.3 is 0 Å². The molecular weight excluding hydrogens is 232 g/mol. The number of carbonyl (C=O) groups excluding carboxylic acids is 1. The highest BCUT2D eigenvalue weighted by molar-refractivity contribution is 5.92. The molecule has 0 fully saturated rings. The number of furan rings is 1. The minimum Gasteiger partial charge on any atom is -0.466 e. The second-order valence-corrected chi connectivity index (χ2v) is 4.44. The van der Waals surface area contributed by atoms with E-state index in [4.69, 9.17) is 4.42 Å². The number of aliphatic hydroxyl groups is 1. The number of aromatic nitrogens is 1. The number of hydrogen-bond acceptors (Lipinski definition) is 3. The molecule has 1 amide bonds. The number of nitrogens with zero attached hydrogens (tertiary/aromatic N) is 1. The first-order valence-electron chi connectivity index (χ1n) is 5.66. The summed E-state index contributed by atoms with van der Waals surface area (Å²) in [7, 11) is 1.79. The van der Waals surface area contributed by atoms with Crippen LogP contribution in [-0.4, -0.2) is 22.1 Å². The van der Waals surface area contributed by atoms with Crippen LogP contribution in [0.4, 0.5) is 0 Å². The third kappa shape index (κ3) is 2.46. The fraction of sp³-hybridized carbons (Fsp3) is 0.308. The van der Waals surface area contributed by atoms with Gasteiger partial charge in [-0.25, -0.2) is 0 Å². The Morgan fingerprint density at radius 3 is 2.83 bits per heavy atom. The van der Waals surface area contributed by atoms with Crippen LogP contribution in [0.15, 0.2) is 41.1 Å². The summed E-state index contributed by atoms with van der Waals surface area (Å²) in [6, 6.07) is 6.88. The number of aryl methyl sites for hydroxylation is 1. The summed E-state index contributed by atoms with van der Waals surface area (Å²) in [5, 5.41) is 12.9. The molecule has 1 unspecified atom stereocenters. The third-order valence-electron chi connectivity index (χ3n) is 2.82. The van der Waals surface area contributed by atoms with E-state index in [-0.39, 0.29) is 12.5 Å². The first-order chi connectivity index (χ1) is 8.50. The number of carbonyl (C=O) groups is 1. The molecule has 0 saturated heterocycles. The van der Waals surface area contributed by atoms with Crippen molar-refractivity contribution in [2.24, 2.45) is 7.05 Å². The summed E-state index contributed by atoms with van der Waals surface area (Å²) in [5.41, 5.74) is -0.671. The van der Waals surface area contributed by atoms with Gasteiger partial charge in [-0.1, -0.05) is 0 Å². The molecule has 5 heteroatoms. The van der Waals surface area contributed by atoms with Gasteiger partial charge in [-0.3, -0.25) is 4.79 Å². The molecule has 2 heterocycles. The molecule has 0 aliphatic rings. The molecule has 2 aromatic rings. The lowest BCUT2D eigenvalue weighted by molar-refractivity contribution is 0.0329. The summed E-state index contributed by atoms with van der Waals surface area (Å²) >= 11 is 0. The van der Waals surface area contributed by atoms with E-state index < -0.39 is 5.60 Å². The fourth-order valence-corrected chi connectivity index (χ4v) is 1.71. The van der Waals surface area contributed by atoms with Crippen LogP contribution in [0, 0.1) is 0 Å². The summed E-state index contributed by atoms with van der Waals surface area (Å²) < 4.78 is 6.86. The molecule has 2 N–H and O–H groups in total. The maximum absolute atomic E-state index is 11.9. The molecule has 0 aliphatic carbocycles. The molecule has 0 aliphatic heterocycles. The lowest BCUT2D eigenvalue weighted by Gasteiger charge is -2.21. The molecule has 18 heavy (non-hydrogen) atoms. The van der Waals surface area contributed by atoms with Crippen LogP contribution in [0.5, 0.6) is 0 Å². The highest BCUT2D eigenvalue weighted by Crippen LogP contribution is 2.19. The Kier molecular flexibility index (Phi) is 3.25. The molecule has 5 nitrogen and oxygen atoms in total. The molecular formula is C13H16N2O3. The highest BCUT2D eigenvalue weighted by atomic mass is 16.4. The average Bonchev–Trinajstić information content (AvgIpc) is 2.96. The summed E-state index contributed by atoms with van der Waals surface area (Å²) in [6.07, 6.45) is 3.28. The van der Waals surface area contributed by atoms with Crippen LogP contribution in [0.25, 0.3) is 0 Å². The van der Waals surface area contributed by atoms with E-state index in [1.54, 1.807) is 49.0 Å². The Hall–Kier alpha value is -2.01. The van der Waals surface area contributed by atoms with Gasteiger partial charge in [0.25, 0.3) is 5.91 Å². The summed E-state index contributed by atoms with van der Waals surface area (Å²) in [6.45, 7) is 1.68. The molecule has 0 radical (unpaired) electrons. The van der Waals surface area contributed by atoms with Crippen molar-refractivity contribution in [3.63, 3.8) is 0 Å². The lowest BCUT2D eigenvalue weighted by Crippen LogP contribution is -2.38. The highest BCUT2D eigenvalue weighted by Gasteiger charge is 2.27. The van der Waals surface area contributed by atoms with Crippen molar-refractivity contribution < 1.29 is 14.3 Å². The van der Waals surface area contributed by atoms with Crippen LogP contribution in [0.2, 0.25) is 0 Å². The average molecular weight is 248 g/mol. The maximum atomic E-state index is 11.9. The van der Waals surface area contributed by atoms with Crippen LogP contribution in [0.1, 0.15) is 23.2 Å². The molecule has 0 spiro atoms. The van der Waals surface area contributed by atoms with Gasteiger partial charge in [0.15, 0.2) is 0 Å². The second-order valence-electron chi connectivity index (χ2n) is 4.44. The Bertz CT molecular complexity index is 526. The smallest absolute Gasteiger partial charge is 0.268 e. The number of nitrogens with one attached hydrogen (secondary N) is 1. The predicted octanol–water partition coefficient (Wildman–Crippen LogP) is 1.26. The Labute approximate surface area is 105 Å². The molecule has 96 valence electrons. The van der Waals surface area contributed by atoms with E-state index in [0.29, 0.717) is 11.5 Å². The van der Waals surface area contributed by atoms with Gasteiger partial charge in [0.1, 0.15) is 17.1 Å². The van der Waals surface area contributed by atoms with E-state index >= 15 is 0 Å². The Balaban J connectivity index is 2.00. The summed E-state index contributed by atoms with van der Waals surface area (Å²) in [4.78, 5) is 11.9. The first-order valence-corrected chi connectivity index (χ1v) is 5.66. The minimum absolute atomic E-state index is 0.0878. The van der Waals surface area contributed by atoms with Crippen molar-refractivity contribution in [1.82, 2.24) is 9.88 Å². The van der Waals surface area contributed by atoms with Gasteiger partial charge in [0.05, 0.1) is 12.8 Å². The first kappa shape index (κ1) is 12.4. The van der Waals surface area contributed by atoms with Crippen LogP contribution < -0.4 is 5.32 Å². The quantitative estimate of drug-likeness (QED) is 0.855. The van der Waals surface area contributed by atoms with E-state index in [1.165, 1.54) is 6.26 Å². The normalized spacial score (nSPS) is 14.2. The Morgan fingerprint density at radius 1 is 1.50 bits per heavy atom. The van der Waals surface area contributed by atoms with Crippen molar-refractivity contribution in [3.05, 3.63) is 48.2 Å². The molecule has 0 bridgehead atoms. The lowest BCUT2D eigenvalue weighted by atomic mass is 10.0. The predicted molar refractivity (Wildman–Crippen MR) is 66.0 cm³/mol. The van der Waals surface area contributed by atoms with Crippen molar-refractivity contribution in [2.75, 3.05) is 6.54 Å². The Morgan fingerprint density at radius 2 is 2.28 bits per heavy atom. The van der Waals surface area contributed by atoms with E-state index in [1.807, 2.05) is 0 Å². The standard InChI is InChI=1S/C13H16N2O3/c1-13(17,11-6-4-8-18-11)9-14-12(16)10-5-3-7-15(10)2/h3-8,17H,9H2,1-2H3,(H,14,16). The van der Waals surface area contributed by atoms with E-state index in [2.05, 4.69) is 5.32 Å². The van der Waals surface area contributed by atoms with Crippen LogP contribution in [0.3, 0.4) is 0 Å². The SMILES string of the molecule is Cn1cccc1C(=O)NCC(C)(O)c1ccco1. The number of rotatable bonds is 4. The number of amides is 1. The number of hydrogen-bond donors (Lipinski definition) is 2. The van der Waals surface area contributed by atoms with E-state index in [0.717, 1.165) is 0 Å². The van der Waals surface area contributed by atoms with Gasteiger partial charge in [-0.05, 0) is 31.2 Å². The maximum Gasteiger partial charge on any atom is 0.268 e. The third-order valence-corrected chi connectivity index (χ3v) is 2.82. The summed E-state index contributed by atoms with van der Waals surface area (Å²) in [5.74, 6) is 0.198. The second kappa shape index (κ2) is 4.70.